The molecule has 308 valence electrons. The molecule has 4 aromatic rings. The highest BCUT2D eigenvalue weighted by Gasteiger charge is 2.49. The van der Waals surface area contributed by atoms with Crippen molar-refractivity contribution < 1.29 is 14.3 Å². The quantitative estimate of drug-likeness (QED) is 0.108. The lowest BCUT2D eigenvalue weighted by Crippen LogP contribution is -2.45. The summed E-state index contributed by atoms with van der Waals surface area (Å²) in [5.41, 5.74) is 5.81. The van der Waals surface area contributed by atoms with Gasteiger partial charge in [0.05, 0.1) is 25.7 Å². The third-order valence-electron chi connectivity index (χ3n) is 14.5. The summed E-state index contributed by atoms with van der Waals surface area (Å²) in [5.74, 6) is 6.97. The normalized spacial score (nSPS) is 25.2. The second kappa shape index (κ2) is 20.1. The van der Waals surface area contributed by atoms with Crippen molar-refractivity contribution in [1.82, 2.24) is 10.2 Å². The summed E-state index contributed by atoms with van der Waals surface area (Å²) < 4.78 is 12.7. The average molecular weight is 802 g/mol. The number of hydrogen-bond donors (Lipinski definition) is 1. The molecule has 58 heavy (non-hydrogen) atoms. The van der Waals surface area contributed by atoms with Gasteiger partial charge in [0.15, 0.2) is 0 Å². The SMILES string of the molecule is Cc1cccc(CN(CCCOc2cccc(CC(=O)NCCOC3CCC4C(CCC5C6CCCC6CCC45)C3)c2)CC(c2ccccc2)c2ccccc2)c1Cl. The number of benzene rings is 4. The smallest absolute Gasteiger partial charge is 0.224 e. The van der Waals surface area contributed by atoms with E-state index in [1.54, 1.807) is 0 Å². The molecule has 0 aliphatic heterocycles. The van der Waals surface area contributed by atoms with E-state index in [1.165, 1.54) is 75.3 Å². The van der Waals surface area contributed by atoms with Gasteiger partial charge in [-0.2, -0.15) is 0 Å². The third-order valence-corrected chi connectivity index (χ3v) is 15.1. The van der Waals surface area contributed by atoms with Crippen molar-refractivity contribution in [3.8, 4) is 5.75 Å². The first kappa shape index (κ1) is 41.1. The molecule has 4 fully saturated rings. The molecule has 0 aromatic heterocycles. The fourth-order valence-electron chi connectivity index (χ4n) is 11.8. The number of halogens is 1. The van der Waals surface area contributed by atoms with Gasteiger partial charge < -0.3 is 14.8 Å². The molecule has 0 spiro atoms. The van der Waals surface area contributed by atoms with Crippen LogP contribution in [-0.2, 0) is 22.5 Å². The molecule has 7 unspecified atom stereocenters. The number of fused-ring (bicyclic) bond motifs is 5. The van der Waals surface area contributed by atoms with Gasteiger partial charge in [0.1, 0.15) is 5.75 Å². The van der Waals surface area contributed by atoms with Crippen LogP contribution < -0.4 is 10.1 Å². The van der Waals surface area contributed by atoms with Crippen molar-refractivity contribution in [2.24, 2.45) is 35.5 Å². The molecule has 1 amide bonds. The van der Waals surface area contributed by atoms with Crippen LogP contribution in [0.1, 0.15) is 104 Å². The number of aryl methyl sites for hydroxylation is 1. The maximum Gasteiger partial charge on any atom is 0.224 e. The summed E-state index contributed by atoms with van der Waals surface area (Å²) in [6.07, 6.45) is 15.7. The molecule has 1 N–H and O–H groups in total. The molecule has 4 aliphatic carbocycles. The lowest BCUT2D eigenvalue weighted by Gasteiger charge is -2.52. The molecule has 5 nitrogen and oxygen atoms in total. The molecule has 6 heteroatoms. The van der Waals surface area contributed by atoms with Gasteiger partial charge >= 0.3 is 0 Å². The van der Waals surface area contributed by atoms with Crippen LogP contribution in [0.2, 0.25) is 5.02 Å². The molecule has 0 saturated heterocycles. The summed E-state index contributed by atoms with van der Waals surface area (Å²) in [5, 5.41) is 3.96. The van der Waals surface area contributed by atoms with Crippen LogP contribution >= 0.6 is 11.6 Å². The van der Waals surface area contributed by atoms with Crippen molar-refractivity contribution in [3.05, 3.63) is 136 Å². The van der Waals surface area contributed by atoms with E-state index in [9.17, 15) is 4.79 Å². The monoisotopic (exact) mass is 800 g/mol. The van der Waals surface area contributed by atoms with E-state index in [2.05, 4.69) is 96.0 Å². The Kier molecular flexibility index (Phi) is 14.2. The van der Waals surface area contributed by atoms with E-state index in [4.69, 9.17) is 21.1 Å². The lowest BCUT2D eigenvalue weighted by molar-refractivity contribution is -0.121. The van der Waals surface area contributed by atoms with Crippen molar-refractivity contribution >= 4 is 17.5 Å². The van der Waals surface area contributed by atoms with E-state index in [1.807, 2.05) is 24.3 Å². The van der Waals surface area contributed by atoms with Crippen molar-refractivity contribution in [1.29, 1.82) is 0 Å². The Morgan fingerprint density at radius 1 is 0.759 bits per heavy atom. The Morgan fingerprint density at radius 3 is 2.24 bits per heavy atom. The van der Waals surface area contributed by atoms with Gasteiger partial charge in [-0.15, -0.1) is 0 Å². The van der Waals surface area contributed by atoms with E-state index < -0.39 is 0 Å². The van der Waals surface area contributed by atoms with Gasteiger partial charge in [0.25, 0.3) is 0 Å². The van der Waals surface area contributed by atoms with Crippen molar-refractivity contribution in [2.75, 3.05) is 32.8 Å². The zero-order valence-corrected chi connectivity index (χ0v) is 35.5. The number of ether oxygens (including phenoxy) is 2. The fourth-order valence-corrected chi connectivity index (χ4v) is 12.0. The van der Waals surface area contributed by atoms with Gasteiger partial charge in [-0.3, -0.25) is 9.69 Å². The van der Waals surface area contributed by atoms with E-state index in [0.29, 0.717) is 32.3 Å². The molecular formula is C52H65ClN2O3. The Balaban J connectivity index is 0.783. The molecule has 7 atom stereocenters. The van der Waals surface area contributed by atoms with Crippen LogP contribution in [0.4, 0.5) is 0 Å². The average Bonchev–Trinajstić information content (AvgIpc) is 3.75. The van der Waals surface area contributed by atoms with Crippen LogP contribution in [0.3, 0.4) is 0 Å². The highest BCUT2D eigenvalue weighted by molar-refractivity contribution is 6.32. The van der Waals surface area contributed by atoms with E-state index >= 15 is 0 Å². The largest absolute Gasteiger partial charge is 0.494 e. The van der Waals surface area contributed by atoms with Gasteiger partial charge in [-0.05, 0) is 140 Å². The minimum Gasteiger partial charge on any atom is -0.494 e. The Morgan fingerprint density at radius 2 is 1.47 bits per heavy atom. The number of carbonyl (C=O) groups is 1. The minimum atomic E-state index is 0.0298. The second-order valence-electron chi connectivity index (χ2n) is 18.1. The van der Waals surface area contributed by atoms with Gasteiger partial charge in [0, 0.05) is 37.1 Å². The van der Waals surface area contributed by atoms with Crippen LogP contribution in [0.15, 0.2) is 103 Å². The minimum absolute atomic E-state index is 0.0298. The zero-order chi connectivity index (χ0) is 39.7. The van der Waals surface area contributed by atoms with Gasteiger partial charge in [-0.1, -0.05) is 115 Å². The van der Waals surface area contributed by atoms with Gasteiger partial charge in [0.2, 0.25) is 5.91 Å². The summed E-state index contributed by atoms with van der Waals surface area (Å²) in [7, 11) is 0. The van der Waals surface area contributed by atoms with Crippen LogP contribution in [0.5, 0.6) is 5.75 Å². The number of hydrogen-bond acceptors (Lipinski definition) is 4. The van der Waals surface area contributed by atoms with Crippen LogP contribution in [0.25, 0.3) is 0 Å². The standard InChI is InChI=1S/C52H65ClN2O3/c1-37-12-8-19-43(52(37)53)35-55(36-50(39-14-4-2-5-15-39)40-16-6-3-7-17-40)29-11-30-57-44-20-9-13-38(32-44)33-51(56)54-28-31-58-45-24-27-47-42(34-45)23-26-48-46-21-10-18-41(46)22-25-49(47)48/h2-9,12-17,19-20,32,41-42,45-50H,10-11,18,21-31,33-36H2,1H3,(H,54,56). The summed E-state index contributed by atoms with van der Waals surface area (Å²) >= 11 is 6.83. The number of nitrogens with zero attached hydrogens (tertiary/aromatic N) is 1. The first-order chi connectivity index (χ1) is 28.5. The van der Waals surface area contributed by atoms with Crippen LogP contribution in [0, 0.1) is 42.4 Å². The maximum atomic E-state index is 13.0. The molecule has 0 radical (unpaired) electrons. The molecule has 0 bridgehead atoms. The molecule has 4 aliphatic rings. The molecule has 8 rings (SSSR count). The van der Waals surface area contributed by atoms with Gasteiger partial charge in [-0.25, -0.2) is 0 Å². The maximum absolute atomic E-state index is 13.0. The first-order valence-corrected chi connectivity index (χ1v) is 23.0. The molecular weight excluding hydrogens is 736 g/mol. The summed E-state index contributed by atoms with van der Waals surface area (Å²) in [4.78, 5) is 15.5. The van der Waals surface area contributed by atoms with Crippen molar-refractivity contribution in [2.45, 2.75) is 103 Å². The fraction of sp³-hybridized carbons (Fsp3) is 0.519. The lowest BCUT2D eigenvalue weighted by atomic mass is 9.53. The van der Waals surface area contributed by atoms with Crippen molar-refractivity contribution in [3.63, 3.8) is 0 Å². The number of carbonyl (C=O) groups excluding carboxylic acids is 1. The van der Waals surface area contributed by atoms with E-state index in [-0.39, 0.29) is 11.8 Å². The summed E-state index contributed by atoms with van der Waals surface area (Å²) in [6, 6.07) is 35.9. The highest BCUT2D eigenvalue weighted by Crippen LogP contribution is 2.58. The Bertz CT molecular complexity index is 1860. The number of nitrogens with one attached hydrogen (secondary N) is 1. The Hall–Kier alpha value is -3.64. The molecule has 4 aromatic carbocycles. The topological polar surface area (TPSA) is 50.8 Å². The second-order valence-corrected chi connectivity index (χ2v) is 18.5. The van der Waals surface area contributed by atoms with E-state index in [0.717, 1.165) is 89.0 Å². The number of amides is 1. The number of rotatable bonds is 17. The summed E-state index contributed by atoms with van der Waals surface area (Å²) in [6.45, 7) is 6.28. The predicted molar refractivity (Wildman–Crippen MR) is 236 cm³/mol. The Labute approximate surface area is 353 Å². The van der Waals surface area contributed by atoms with Crippen LogP contribution in [-0.4, -0.2) is 49.8 Å². The third kappa shape index (κ3) is 10.4. The zero-order valence-electron chi connectivity index (χ0n) is 34.7. The highest BCUT2D eigenvalue weighted by atomic mass is 35.5. The first-order valence-electron chi connectivity index (χ1n) is 22.6. The molecule has 4 saturated carbocycles. The predicted octanol–water partition coefficient (Wildman–Crippen LogP) is 11.4. The molecule has 0 heterocycles.